The summed E-state index contributed by atoms with van der Waals surface area (Å²) < 4.78 is 5.25. The molecule has 2 aromatic carbocycles. The van der Waals surface area contributed by atoms with Gasteiger partial charge >= 0.3 is 0 Å². The van der Waals surface area contributed by atoms with Crippen molar-refractivity contribution >= 4 is 29.1 Å². The van der Waals surface area contributed by atoms with Gasteiger partial charge in [-0.05, 0) is 50.0 Å². The molecule has 1 heterocycles. The molecule has 2 aromatic rings. The van der Waals surface area contributed by atoms with Crippen LogP contribution in [0.1, 0.15) is 33.6 Å². The third-order valence-corrected chi connectivity index (χ3v) is 5.78. The van der Waals surface area contributed by atoms with E-state index in [1.165, 1.54) is 13.2 Å². The number of likely N-dealkylation sites (tertiary alicyclic amines) is 1. The number of carbonyl (C=O) groups is 2. The minimum Gasteiger partial charge on any atom is -0.496 e. The van der Waals surface area contributed by atoms with Crippen LogP contribution in [0.3, 0.4) is 0 Å². The smallest absolute Gasteiger partial charge is 0.255 e. The molecule has 8 heteroatoms. The van der Waals surface area contributed by atoms with Gasteiger partial charge < -0.3 is 26.0 Å². The number of nitrogen functional groups attached to an aromatic ring is 1. The average Bonchev–Trinajstić information content (AvgIpc) is 3.24. The van der Waals surface area contributed by atoms with Crippen molar-refractivity contribution in [2.24, 2.45) is 5.92 Å². The molecule has 1 aliphatic rings. The van der Waals surface area contributed by atoms with E-state index in [0.29, 0.717) is 46.6 Å². The monoisotopic (exact) mass is 444 g/mol. The quantitative estimate of drug-likeness (QED) is 0.408. The van der Waals surface area contributed by atoms with Crippen molar-refractivity contribution in [1.29, 1.82) is 0 Å². The van der Waals surface area contributed by atoms with Crippen molar-refractivity contribution in [2.45, 2.75) is 12.8 Å². The number of halogens is 1. The molecule has 31 heavy (non-hydrogen) atoms. The zero-order valence-corrected chi connectivity index (χ0v) is 18.5. The van der Waals surface area contributed by atoms with Crippen LogP contribution in [0, 0.1) is 5.92 Å². The van der Waals surface area contributed by atoms with Crippen molar-refractivity contribution < 1.29 is 14.3 Å². The summed E-state index contributed by atoms with van der Waals surface area (Å²) >= 11 is 6.05. The first-order valence-corrected chi connectivity index (χ1v) is 10.8. The standard InChI is InChI=1S/C23H29ClN4O3/c1-31-21-13-20(25)19(24)12-18(21)23(30)27-14-16-8-11-28(15-16)10-5-9-26-22(29)17-6-3-2-4-7-17/h2-4,6-7,12-13,16H,5,8-11,14-15,25H2,1H3,(H,26,29)(H,27,30)/t16-/m0/s1. The molecular weight excluding hydrogens is 416 g/mol. The molecule has 0 aliphatic carbocycles. The maximum absolute atomic E-state index is 12.6. The molecular formula is C23H29ClN4O3. The van der Waals surface area contributed by atoms with Crippen LogP contribution < -0.4 is 21.1 Å². The molecule has 7 nitrogen and oxygen atoms in total. The number of hydrogen-bond donors (Lipinski definition) is 3. The van der Waals surface area contributed by atoms with Gasteiger partial charge in [-0.3, -0.25) is 9.59 Å². The fourth-order valence-electron chi connectivity index (χ4n) is 3.73. The normalized spacial score (nSPS) is 16.1. The van der Waals surface area contributed by atoms with Crippen LogP contribution >= 0.6 is 11.6 Å². The number of ether oxygens (including phenoxy) is 1. The van der Waals surface area contributed by atoms with E-state index in [1.807, 2.05) is 30.3 Å². The van der Waals surface area contributed by atoms with Gasteiger partial charge in [-0.2, -0.15) is 0 Å². The molecule has 1 aliphatic heterocycles. The minimum atomic E-state index is -0.221. The Morgan fingerprint density at radius 2 is 1.97 bits per heavy atom. The Labute approximate surface area is 187 Å². The van der Waals surface area contributed by atoms with Gasteiger partial charge in [0.1, 0.15) is 5.75 Å². The Kier molecular flexibility index (Phi) is 8.14. The highest BCUT2D eigenvalue weighted by Gasteiger charge is 2.23. The van der Waals surface area contributed by atoms with E-state index in [9.17, 15) is 9.59 Å². The highest BCUT2D eigenvalue weighted by atomic mass is 35.5. The SMILES string of the molecule is COc1cc(N)c(Cl)cc1C(=O)NC[C@@H]1CCN(CCCNC(=O)c2ccccc2)C1. The summed E-state index contributed by atoms with van der Waals surface area (Å²) in [6, 6.07) is 12.3. The number of nitrogens with one attached hydrogen (secondary N) is 2. The molecule has 1 fully saturated rings. The molecule has 0 bridgehead atoms. The van der Waals surface area contributed by atoms with Crippen LogP contribution in [0.15, 0.2) is 42.5 Å². The van der Waals surface area contributed by atoms with E-state index in [-0.39, 0.29) is 11.8 Å². The second kappa shape index (κ2) is 11.0. The van der Waals surface area contributed by atoms with Crippen molar-refractivity contribution in [3.05, 3.63) is 58.6 Å². The van der Waals surface area contributed by atoms with Gasteiger partial charge in [0.25, 0.3) is 11.8 Å². The second-order valence-electron chi connectivity index (χ2n) is 7.71. The molecule has 3 rings (SSSR count). The number of carbonyl (C=O) groups excluding carboxylic acids is 2. The summed E-state index contributed by atoms with van der Waals surface area (Å²) in [4.78, 5) is 27.0. The predicted molar refractivity (Wildman–Crippen MR) is 123 cm³/mol. The van der Waals surface area contributed by atoms with Crippen molar-refractivity contribution in [1.82, 2.24) is 15.5 Å². The largest absolute Gasteiger partial charge is 0.496 e. The molecule has 2 amide bonds. The summed E-state index contributed by atoms with van der Waals surface area (Å²) in [7, 11) is 1.50. The lowest BCUT2D eigenvalue weighted by Crippen LogP contribution is -2.32. The van der Waals surface area contributed by atoms with Gasteiger partial charge in [0.2, 0.25) is 0 Å². The Morgan fingerprint density at radius 3 is 2.71 bits per heavy atom. The summed E-state index contributed by atoms with van der Waals surface area (Å²) in [5, 5.41) is 6.27. The van der Waals surface area contributed by atoms with Gasteiger partial charge in [0, 0.05) is 31.3 Å². The molecule has 0 spiro atoms. The fraction of sp³-hybridized carbons (Fsp3) is 0.391. The lowest BCUT2D eigenvalue weighted by atomic mass is 10.1. The first-order chi connectivity index (χ1) is 15.0. The van der Waals surface area contributed by atoms with E-state index < -0.39 is 0 Å². The van der Waals surface area contributed by atoms with Gasteiger partial charge in [-0.1, -0.05) is 29.8 Å². The predicted octanol–water partition coefficient (Wildman–Crippen LogP) is 2.80. The lowest BCUT2D eigenvalue weighted by Gasteiger charge is -2.17. The van der Waals surface area contributed by atoms with E-state index >= 15 is 0 Å². The molecule has 1 atom stereocenters. The van der Waals surface area contributed by atoms with Crippen molar-refractivity contribution in [2.75, 3.05) is 45.6 Å². The number of nitrogens with two attached hydrogens (primary N) is 1. The molecule has 0 unspecified atom stereocenters. The van der Waals surface area contributed by atoms with E-state index in [4.69, 9.17) is 22.1 Å². The molecule has 166 valence electrons. The zero-order chi connectivity index (χ0) is 22.2. The summed E-state index contributed by atoms with van der Waals surface area (Å²) in [5.41, 5.74) is 7.21. The number of hydrogen-bond acceptors (Lipinski definition) is 5. The van der Waals surface area contributed by atoms with Gasteiger partial charge in [0.15, 0.2) is 0 Å². The Bertz CT molecular complexity index is 907. The molecule has 0 saturated carbocycles. The Balaban J connectivity index is 1.37. The van der Waals surface area contributed by atoms with Crippen LogP contribution in [-0.4, -0.2) is 56.5 Å². The minimum absolute atomic E-state index is 0.0409. The molecule has 0 aromatic heterocycles. The van der Waals surface area contributed by atoms with Crippen LogP contribution in [0.25, 0.3) is 0 Å². The van der Waals surface area contributed by atoms with Gasteiger partial charge in [-0.25, -0.2) is 0 Å². The first kappa shape index (κ1) is 22.9. The Morgan fingerprint density at radius 1 is 1.19 bits per heavy atom. The van der Waals surface area contributed by atoms with Crippen molar-refractivity contribution in [3.8, 4) is 5.75 Å². The molecule has 0 radical (unpaired) electrons. The Hall–Kier alpha value is -2.77. The second-order valence-corrected chi connectivity index (χ2v) is 8.12. The van der Waals surface area contributed by atoms with Crippen LogP contribution in [0.5, 0.6) is 5.75 Å². The maximum atomic E-state index is 12.6. The number of rotatable bonds is 9. The van der Waals surface area contributed by atoms with E-state index in [0.717, 1.165) is 32.5 Å². The first-order valence-electron chi connectivity index (χ1n) is 10.4. The number of nitrogens with zero attached hydrogens (tertiary/aromatic N) is 1. The van der Waals surface area contributed by atoms with Crippen molar-refractivity contribution in [3.63, 3.8) is 0 Å². The number of methoxy groups -OCH3 is 1. The maximum Gasteiger partial charge on any atom is 0.255 e. The van der Waals surface area contributed by atoms with Gasteiger partial charge in [-0.15, -0.1) is 0 Å². The summed E-state index contributed by atoms with van der Waals surface area (Å²) in [6.07, 6.45) is 1.91. The highest BCUT2D eigenvalue weighted by Crippen LogP contribution is 2.28. The van der Waals surface area contributed by atoms with E-state index in [2.05, 4.69) is 15.5 Å². The van der Waals surface area contributed by atoms with Gasteiger partial charge in [0.05, 0.1) is 23.4 Å². The number of benzene rings is 2. The topological polar surface area (TPSA) is 96.7 Å². The third-order valence-electron chi connectivity index (χ3n) is 5.46. The number of anilines is 1. The molecule has 1 saturated heterocycles. The summed E-state index contributed by atoms with van der Waals surface area (Å²) in [5.74, 6) is 0.532. The third kappa shape index (κ3) is 6.35. The van der Waals surface area contributed by atoms with Crippen LogP contribution in [-0.2, 0) is 0 Å². The number of amides is 2. The van der Waals surface area contributed by atoms with E-state index in [1.54, 1.807) is 6.07 Å². The fourth-order valence-corrected chi connectivity index (χ4v) is 3.89. The average molecular weight is 445 g/mol. The summed E-state index contributed by atoms with van der Waals surface area (Å²) in [6.45, 7) is 4.06. The molecule has 4 N–H and O–H groups in total. The highest BCUT2D eigenvalue weighted by molar-refractivity contribution is 6.33. The lowest BCUT2D eigenvalue weighted by molar-refractivity contribution is 0.0940. The van der Waals surface area contributed by atoms with Crippen LogP contribution in [0.4, 0.5) is 5.69 Å². The van der Waals surface area contributed by atoms with Crippen LogP contribution in [0.2, 0.25) is 5.02 Å². The zero-order valence-electron chi connectivity index (χ0n) is 17.7.